The van der Waals surface area contributed by atoms with E-state index in [2.05, 4.69) is 34.6 Å². The van der Waals surface area contributed by atoms with Gasteiger partial charge in [0, 0.05) is 18.9 Å². The van der Waals surface area contributed by atoms with E-state index < -0.39 is 0 Å². The Balaban J connectivity index is 0.00000144. The fraction of sp³-hybridized carbons (Fsp3) is 1.00. The van der Waals surface area contributed by atoms with Crippen LogP contribution in [0, 0.1) is 17.8 Å². The molecular weight excluding hydrogens is 198 g/mol. The molecule has 0 aromatic heterocycles. The molecule has 17 heavy (non-hydrogen) atoms. The van der Waals surface area contributed by atoms with Gasteiger partial charge in [0.25, 0.3) is 0 Å². The summed E-state index contributed by atoms with van der Waals surface area (Å²) >= 11 is 0. The van der Waals surface area contributed by atoms with E-state index in [-0.39, 0.29) is 18.9 Å². The van der Waals surface area contributed by atoms with E-state index in [4.69, 9.17) is 0 Å². The van der Waals surface area contributed by atoms with E-state index in [1.165, 1.54) is 25.6 Å². The predicted octanol–water partition coefficient (Wildman–Crippen LogP) is 4.75. The fourth-order valence-corrected chi connectivity index (χ4v) is 4.25. The molecule has 0 nitrogen and oxygen atoms in total. The average Bonchev–Trinajstić information content (AvgIpc) is 2.23. The summed E-state index contributed by atoms with van der Waals surface area (Å²) in [5, 5.41) is 0.543. The predicted molar refractivity (Wildman–Crippen MR) is 80.1 cm³/mol. The van der Waals surface area contributed by atoms with Crippen LogP contribution in [0.25, 0.3) is 0 Å². The van der Waals surface area contributed by atoms with Gasteiger partial charge in [-0.3, -0.25) is 0 Å². The first kappa shape index (κ1) is 15.7. The summed E-state index contributed by atoms with van der Waals surface area (Å²) in [5.41, 5.74) is 0. The summed E-state index contributed by atoms with van der Waals surface area (Å²) < 4.78 is 0. The van der Waals surface area contributed by atoms with Gasteiger partial charge in [-0.2, -0.15) is 0 Å². The Morgan fingerprint density at radius 3 is 2.35 bits per heavy atom. The molecule has 0 aromatic rings. The van der Waals surface area contributed by atoms with E-state index in [1.807, 2.05) is 0 Å². The quantitative estimate of drug-likeness (QED) is 0.597. The van der Waals surface area contributed by atoms with Gasteiger partial charge >= 0.3 is 0 Å². The van der Waals surface area contributed by atoms with Crippen molar-refractivity contribution in [2.75, 3.05) is 0 Å². The summed E-state index contributed by atoms with van der Waals surface area (Å²) in [7, 11) is 0. The minimum atomic E-state index is 0. The Bertz CT molecular complexity index is 249. The third-order valence-corrected chi connectivity index (χ3v) is 6.21. The van der Waals surface area contributed by atoms with Crippen molar-refractivity contribution in [3.05, 3.63) is 0 Å². The molecule has 0 aromatic carbocycles. The van der Waals surface area contributed by atoms with Gasteiger partial charge in [-0.1, -0.05) is 77.8 Å². The number of hydrogen-bond acceptors (Lipinski definition) is 0. The van der Waals surface area contributed by atoms with E-state index >= 15 is 0 Å². The van der Waals surface area contributed by atoms with Crippen LogP contribution in [0.15, 0.2) is 0 Å². The van der Waals surface area contributed by atoms with Crippen LogP contribution in [-0.2, 0) is 0 Å². The van der Waals surface area contributed by atoms with Crippen molar-refractivity contribution in [3.8, 4) is 0 Å². The molecule has 93 valence electrons. The second kappa shape index (κ2) is 5.75. The minimum absolute atomic E-state index is 0. The molecule has 1 aliphatic carbocycles. The van der Waals surface area contributed by atoms with Crippen LogP contribution < -0.4 is 0 Å². The van der Waals surface area contributed by atoms with Gasteiger partial charge in [-0.25, -0.2) is 0 Å². The topological polar surface area (TPSA) is 0 Å². The Morgan fingerprint density at radius 2 is 1.76 bits per heavy atom. The molecule has 1 radical (unpaired) electrons. The molecule has 2 bridgehead atoms. The van der Waals surface area contributed by atoms with Crippen molar-refractivity contribution < 1.29 is 0 Å². The molecule has 1 aliphatic heterocycles. The van der Waals surface area contributed by atoms with Crippen LogP contribution in [0.5, 0.6) is 0 Å². The second-order valence-electron chi connectivity index (χ2n) is 7.48. The molecule has 0 spiro atoms. The van der Waals surface area contributed by atoms with E-state index in [0.29, 0.717) is 5.31 Å². The van der Waals surface area contributed by atoms with Gasteiger partial charge in [0.1, 0.15) is 6.71 Å². The molecule has 1 saturated heterocycles. The first-order chi connectivity index (χ1) is 7.43. The van der Waals surface area contributed by atoms with Crippen molar-refractivity contribution in [3.63, 3.8) is 0 Å². The Hall–Kier alpha value is 0.662. The first-order valence-electron chi connectivity index (χ1n) is 7.43. The number of hydrogen-bond donors (Lipinski definition) is 0. The van der Waals surface area contributed by atoms with Crippen LogP contribution in [0.3, 0.4) is 0 Å². The van der Waals surface area contributed by atoms with Gasteiger partial charge < -0.3 is 0 Å². The SMILES string of the molecule is CC1CCC2CCB(C(C)(C)C(C)C)C1C2.[Li]. The maximum Gasteiger partial charge on any atom is 0.149 e. The molecule has 0 N–H and O–H groups in total. The average molecular weight is 227 g/mol. The summed E-state index contributed by atoms with van der Waals surface area (Å²) in [6.45, 7) is 13.4. The van der Waals surface area contributed by atoms with Crippen molar-refractivity contribution in [1.82, 2.24) is 0 Å². The van der Waals surface area contributed by atoms with Crippen LogP contribution in [-0.4, -0.2) is 25.6 Å². The van der Waals surface area contributed by atoms with Crippen LogP contribution in [0.2, 0.25) is 17.5 Å². The second-order valence-corrected chi connectivity index (χ2v) is 7.48. The van der Waals surface area contributed by atoms with Gasteiger partial charge in [0.2, 0.25) is 0 Å². The maximum atomic E-state index is 2.52. The Labute approximate surface area is 121 Å². The zero-order valence-corrected chi connectivity index (χ0v) is 12.9. The van der Waals surface area contributed by atoms with Gasteiger partial charge in [-0.05, 0) is 17.8 Å². The van der Waals surface area contributed by atoms with E-state index in [0.717, 1.165) is 30.3 Å². The molecule has 2 heteroatoms. The Morgan fingerprint density at radius 1 is 1.12 bits per heavy atom. The molecule has 2 aliphatic rings. The molecule has 3 unspecified atom stereocenters. The minimum Gasteiger partial charge on any atom is -0.0732 e. The third kappa shape index (κ3) is 2.98. The standard InChI is InChI=1S/C15H29B.Li/c1-11(2)15(4,5)16-9-8-13-7-6-12(3)14(16)10-13;/h11-14H,6-10H2,1-5H3;. The summed E-state index contributed by atoms with van der Waals surface area (Å²) in [6, 6.07) is 0. The summed E-state index contributed by atoms with van der Waals surface area (Å²) in [5.74, 6) is 3.92. The van der Waals surface area contributed by atoms with Crippen LogP contribution >= 0.6 is 0 Å². The summed E-state index contributed by atoms with van der Waals surface area (Å²) in [4.78, 5) is 0. The van der Waals surface area contributed by atoms with E-state index in [9.17, 15) is 0 Å². The maximum absolute atomic E-state index is 2.52. The fourth-order valence-electron chi connectivity index (χ4n) is 4.25. The molecule has 2 fully saturated rings. The molecule has 1 saturated carbocycles. The summed E-state index contributed by atoms with van der Waals surface area (Å²) in [6.07, 6.45) is 7.59. The molecule has 1 heterocycles. The Kier molecular flexibility index (Phi) is 5.32. The van der Waals surface area contributed by atoms with Crippen LogP contribution in [0.4, 0.5) is 0 Å². The van der Waals surface area contributed by atoms with E-state index in [1.54, 1.807) is 6.42 Å². The molecule has 2 rings (SSSR count). The van der Waals surface area contributed by atoms with Gasteiger partial charge in [0.05, 0.1) is 0 Å². The monoisotopic (exact) mass is 227 g/mol. The zero-order chi connectivity index (χ0) is 11.9. The molecule has 0 amide bonds. The first-order valence-corrected chi connectivity index (χ1v) is 7.43. The van der Waals surface area contributed by atoms with Crippen LogP contribution in [0.1, 0.15) is 60.3 Å². The van der Waals surface area contributed by atoms with Crippen molar-refractivity contribution in [2.45, 2.75) is 77.8 Å². The molecule has 3 atom stereocenters. The van der Waals surface area contributed by atoms with Gasteiger partial charge in [0.15, 0.2) is 0 Å². The van der Waals surface area contributed by atoms with Gasteiger partial charge in [-0.15, -0.1) is 0 Å². The largest absolute Gasteiger partial charge is 0.149 e. The normalized spacial score (nSPS) is 33.5. The smallest absolute Gasteiger partial charge is 0.0732 e. The molecular formula is C15H29BLi. The number of rotatable bonds is 2. The van der Waals surface area contributed by atoms with Crippen molar-refractivity contribution >= 4 is 25.6 Å². The van der Waals surface area contributed by atoms with Crippen molar-refractivity contribution in [2.24, 2.45) is 17.8 Å². The number of fused-ring (bicyclic) bond motifs is 2. The third-order valence-electron chi connectivity index (χ3n) is 6.21. The zero-order valence-electron chi connectivity index (χ0n) is 12.9. The van der Waals surface area contributed by atoms with Crippen molar-refractivity contribution in [1.29, 1.82) is 0 Å².